The first-order chi connectivity index (χ1) is 9.24. The Hall–Kier alpha value is -2.13. The van der Waals surface area contributed by atoms with Crippen molar-refractivity contribution in [3.8, 4) is 0 Å². The fraction of sp³-hybridized carbons (Fsp3) is 0.0625. The molecule has 0 saturated heterocycles. The molecule has 0 N–H and O–H groups in total. The molecular weight excluding hydrogens is 254 g/mol. The minimum atomic E-state index is 0.0499. The van der Waals surface area contributed by atoms with E-state index in [0.29, 0.717) is 0 Å². The van der Waals surface area contributed by atoms with Crippen LogP contribution in [0.25, 0.3) is 31.1 Å². The fourth-order valence-corrected chi connectivity index (χ4v) is 3.76. The van der Waals surface area contributed by atoms with Crippen molar-refractivity contribution < 1.29 is 4.79 Å². The molecule has 0 aliphatic heterocycles. The lowest BCUT2D eigenvalue weighted by Gasteiger charge is -1.99. The van der Waals surface area contributed by atoms with E-state index in [1.165, 1.54) is 20.2 Å². The third-order valence-corrected chi connectivity index (χ3v) is 4.66. The van der Waals surface area contributed by atoms with Gasteiger partial charge in [-0.3, -0.25) is 9.36 Å². The van der Waals surface area contributed by atoms with Crippen molar-refractivity contribution in [3.63, 3.8) is 0 Å². The number of carbonyl (C=O) groups excluding carboxylic acids is 1. The first-order valence-electron chi connectivity index (χ1n) is 6.17. The standard InChI is InChI=1S/C16H11NOS/c1-10(18)17-7-6-11-8-16-13(9-14(11)17)12-4-2-3-5-15(12)19-16/h2-9H,1H3. The van der Waals surface area contributed by atoms with Gasteiger partial charge in [0.1, 0.15) is 0 Å². The molecule has 0 bridgehead atoms. The quantitative estimate of drug-likeness (QED) is 0.453. The van der Waals surface area contributed by atoms with Crippen molar-refractivity contribution in [2.75, 3.05) is 0 Å². The summed E-state index contributed by atoms with van der Waals surface area (Å²) >= 11 is 1.80. The Morgan fingerprint density at radius 2 is 1.89 bits per heavy atom. The molecule has 92 valence electrons. The maximum absolute atomic E-state index is 11.6. The molecular formula is C16H11NOS. The van der Waals surface area contributed by atoms with E-state index in [-0.39, 0.29) is 5.91 Å². The number of thiophene rings is 1. The van der Waals surface area contributed by atoms with E-state index < -0.39 is 0 Å². The highest BCUT2D eigenvalue weighted by atomic mass is 32.1. The van der Waals surface area contributed by atoms with E-state index in [1.54, 1.807) is 22.8 Å². The minimum Gasteiger partial charge on any atom is -0.287 e. The maximum Gasteiger partial charge on any atom is 0.227 e. The van der Waals surface area contributed by atoms with Crippen LogP contribution in [0.2, 0.25) is 0 Å². The third-order valence-electron chi connectivity index (χ3n) is 3.53. The Morgan fingerprint density at radius 1 is 1.05 bits per heavy atom. The number of carbonyl (C=O) groups is 1. The number of hydrogen-bond donors (Lipinski definition) is 0. The van der Waals surface area contributed by atoms with Gasteiger partial charge in [0, 0.05) is 38.7 Å². The normalized spacial score (nSPS) is 11.6. The lowest BCUT2D eigenvalue weighted by molar-refractivity contribution is 0.0941. The number of hydrogen-bond acceptors (Lipinski definition) is 2. The van der Waals surface area contributed by atoms with Crippen molar-refractivity contribution in [2.45, 2.75) is 6.92 Å². The van der Waals surface area contributed by atoms with Crippen LogP contribution in [0.15, 0.2) is 48.7 Å². The van der Waals surface area contributed by atoms with Crippen LogP contribution in [-0.2, 0) is 0 Å². The molecule has 3 heteroatoms. The monoisotopic (exact) mass is 265 g/mol. The Kier molecular flexibility index (Phi) is 2.09. The van der Waals surface area contributed by atoms with Crippen LogP contribution < -0.4 is 0 Å². The van der Waals surface area contributed by atoms with Gasteiger partial charge in [-0.1, -0.05) is 18.2 Å². The summed E-state index contributed by atoms with van der Waals surface area (Å²) < 4.78 is 4.27. The van der Waals surface area contributed by atoms with Crippen molar-refractivity contribution >= 4 is 48.3 Å². The van der Waals surface area contributed by atoms with Crippen LogP contribution in [0.4, 0.5) is 0 Å². The highest BCUT2D eigenvalue weighted by Crippen LogP contribution is 2.36. The highest BCUT2D eigenvalue weighted by molar-refractivity contribution is 7.25. The van der Waals surface area contributed by atoms with Gasteiger partial charge >= 0.3 is 0 Å². The van der Waals surface area contributed by atoms with Crippen LogP contribution in [-0.4, -0.2) is 10.5 Å². The Morgan fingerprint density at radius 3 is 2.74 bits per heavy atom. The van der Waals surface area contributed by atoms with Gasteiger partial charge in [0.25, 0.3) is 0 Å². The Bertz CT molecular complexity index is 945. The summed E-state index contributed by atoms with van der Waals surface area (Å²) in [7, 11) is 0. The topological polar surface area (TPSA) is 22.0 Å². The second kappa shape index (κ2) is 3.68. The molecule has 0 aliphatic carbocycles. The van der Waals surface area contributed by atoms with Gasteiger partial charge in [-0.25, -0.2) is 0 Å². The zero-order valence-electron chi connectivity index (χ0n) is 10.4. The summed E-state index contributed by atoms with van der Waals surface area (Å²) in [6.45, 7) is 1.59. The summed E-state index contributed by atoms with van der Waals surface area (Å²) in [5.41, 5.74) is 0.989. The average Bonchev–Trinajstić information content (AvgIpc) is 2.96. The number of benzene rings is 2. The molecule has 0 fully saturated rings. The molecule has 0 atom stereocenters. The Balaban J connectivity index is 2.21. The number of rotatable bonds is 0. The first-order valence-corrected chi connectivity index (χ1v) is 6.99. The zero-order chi connectivity index (χ0) is 13.0. The molecule has 4 aromatic rings. The van der Waals surface area contributed by atoms with E-state index in [0.717, 1.165) is 10.9 Å². The second-order valence-electron chi connectivity index (χ2n) is 4.71. The van der Waals surface area contributed by atoms with Gasteiger partial charge in [-0.15, -0.1) is 11.3 Å². The summed E-state index contributed by atoms with van der Waals surface area (Å²) in [5.74, 6) is 0.0499. The highest BCUT2D eigenvalue weighted by Gasteiger charge is 2.09. The van der Waals surface area contributed by atoms with Crippen LogP contribution >= 0.6 is 11.3 Å². The molecule has 0 amide bonds. The molecule has 0 aliphatic rings. The summed E-state index contributed by atoms with van der Waals surface area (Å²) in [6, 6.07) is 14.7. The maximum atomic E-state index is 11.6. The van der Waals surface area contributed by atoms with E-state index in [1.807, 2.05) is 12.3 Å². The largest absolute Gasteiger partial charge is 0.287 e. The molecule has 2 aromatic heterocycles. The molecule has 0 spiro atoms. The van der Waals surface area contributed by atoms with Crippen LogP contribution in [0.1, 0.15) is 11.7 Å². The van der Waals surface area contributed by atoms with Crippen LogP contribution in [0, 0.1) is 0 Å². The molecule has 19 heavy (non-hydrogen) atoms. The van der Waals surface area contributed by atoms with E-state index in [9.17, 15) is 4.79 Å². The Labute approximate surface area is 113 Å². The molecule has 0 radical (unpaired) electrons. The van der Waals surface area contributed by atoms with Gasteiger partial charge in [0.05, 0.1) is 5.52 Å². The predicted molar refractivity (Wildman–Crippen MR) is 81.1 cm³/mol. The molecule has 2 nitrogen and oxygen atoms in total. The van der Waals surface area contributed by atoms with Crippen LogP contribution in [0.5, 0.6) is 0 Å². The van der Waals surface area contributed by atoms with Gasteiger partial charge < -0.3 is 0 Å². The zero-order valence-corrected chi connectivity index (χ0v) is 11.2. The van der Waals surface area contributed by atoms with Gasteiger partial charge in [0.15, 0.2) is 0 Å². The molecule has 4 rings (SSSR count). The molecule has 2 aromatic carbocycles. The number of fused-ring (bicyclic) bond motifs is 4. The summed E-state index contributed by atoms with van der Waals surface area (Å²) in [6.07, 6.45) is 1.85. The van der Waals surface area contributed by atoms with Crippen LogP contribution in [0.3, 0.4) is 0 Å². The van der Waals surface area contributed by atoms with E-state index >= 15 is 0 Å². The number of aromatic nitrogens is 1. The van der Waals surface area contributed by atoms with Crippen molar-refractivity contribution in [1.82, 2.24) is 4.57 Å². The smallest absolute Gasteiger partial charge is 0.227 e. The van der Waals surface area contributed by atoms with Crippen molar-refractivity contribution in [1.29, 1.82) is 0 Å². The molecule has 0 saturated carbocycles. The predicted octanol–water partition coefficient (Wildman–Crippen LogP) is 4.67. The minimum absolute atomic E-state index is 0.0499. The summed E-state index contributed by atoms with van der Waals surface area (Å²) in [5, 5.41) is 3.62. The third kappa shape index (κ3) is 1.45. The van der Waals surface area contributed by atoms with Crippen molar-refractivity contribution in [3.05, 3.63) is 48.7 Å². The molecule has 2 heterocycles. The van der Waals surface area contributed by atoms with E-state index in [2.05, 4.69) is 36.4 Å². The van der Waals surface area contributed by atoms with Gasteiger partial charge in [-0.05, 0) is 24.3 Å². The van der Waals surface area contributed by atoms with Gasteiger partial charge in [-0.2, -0.15) is 0 Å². The fourth-order valence-electron chi connectivity index (χ4n) is 2.63. The lowest BCUT2D eigenvalue weighted by Crippen LogP contribution is -2.02. The molecule has 0 unspecified atom stereocenters. The van der Waals surface area contributed by atoms with Gasteiger partial charge in [0.2, 0.25) is 5.91 Å². The van der Waals surface area contributed by atoms with Crippen molar-refractivity contribution in [2.24, 2.45) is 0 Å². The first kappa shape index (κ1) is 10.8. The SMILES string of the molecule is CC(=O)n1ccc2cc3sc4ccccc4c3cc21. The average molecular weight is 265 g/mol. The number of nitrogens with zero attached hydrogens (tertiary/aromatic N) is 1. The van der Waals surface area contributed by atoms with E-state index in [4.69, 9.17) is 0 Å². The lowest BCUT2D eigenvalue weighted by atomic mass is 10.1. The summed E-state index contributed by atoms with van der Waals surface area (Å²) in [4.78, 5) is 11.6. The second-order valence-corrected chi connectivity index (χ2v) is 5.79.